The number of hydrogen-bond acceptors (Lipinski definition) is 5. The minimum atomic E-state index is -0.144. The highest BCUT2D eigenvalue weighted by atomic mass is 16.5. The molecule has 13 heavy (non-hydrogen) atoms. The summed E-state index contributed by atoms with van der Waals surface area (Å²) in [7, 11) is 0. The Balaban J connectivity index is 1.99. The number of H-pyrrole nitrogens is 1. The fourth-order valence-electron chi connectivity index (χ4n) is 1.47. The second-order valence-electron chi connectivity index (χ2n) is 3.50. The highest BCUT2D eigenvalue weighted by Gasteiger charge is 2.29. The maximum atomic E-state index is 5.63. The lowest BCUT2D eigenvalue weighted by Gasteiger charge is -2.32. The Kier molecular flexibility index (Phi) is 2.13. The van der Waals surface area contributed by atoms with Crippen LogP contribution in [0.3, 0.4) is 0 Å². The van der Waals surface area contributed by atoms with Gasteiger partial charge in [0.05, 0.1) is 0 Å². The number of nitrogens with one attached hydrogen (secondary N) is 2. The van der Waals surface area contributed by atoms with Crippen molar-refractivity contribution in [3.8, 4) is 6.01 Å². The van der Waals surface area contributed by atoms with Crippen molar-refractivity contribution in [3.05, 3.63) is 0 Å². The molecule has 1 aromatic heterocycles. The SMILES string of the molecule is CC1(Oc2nn[nH]n2)CCNCC1. The van der Waals surface area contributed by atoms with E-state index in [2.05, 4.69) is 32.9 Å². The zero-order valence-corrected chi connectivity index (χ0v) is 7.58. The van der Waals surface area contributed by atoms with Gasteiger partial charge in [-0.05, 0) is 38.1 Å². The Labute approximate surface area is 76.1 Å². The number of aromatic nitrogens is 4. The van der Waals surface area contributed by atoms with Gasteiger partial charge >= 0.3 is 6.01 Å². The lowest BCUT2D eigenvalue weighted by molar-refractivity contribution is 0.0457. The molecule has 1 fully saturated rings. The summed E-state index contributed by atoms with van der Waals surface area (Å²) in [5, 5.41) is 16.6. The highest BCUT2D eigenvalue weighted by molar-refractivity contribution is 4.92. The number of piperidine rings is 1. The first-order valence-corrected chi connectivity index (χ1v) is 4.42. The van der Waals surface area contributed by atoms with Crippen molar-refractivity contribution >= 4 is 0 Å². The van der Waals surface area contributed by atoms with Gasteiger partial charge in [0.25, 0.3) is 0 Å². The van der Waals surface area contributed by atoms with Gasteiger partial charge in [0.2, 0.25) is 0 Å². The summed E-state index contributed by atoms with van der Waals surface area (Å²) in [6.07, 6.45) is 1.95. The number of nitrogens with zero attached hydrogens (tertiary/aromatic N) is 3. The molecule has 2 rings (SSSR count). The Morgan fingerprint density at radius 1 is 1.38 bits per heavy atom. The largest absolute Gasteiger partial charge is 0.455 e. The third-order valence-corrected chi connectivity index (χ3v) is 2.32. The van der Waals surface area contributed by atoms with E-state index in [1.165, 1.54) is 0 Å². The van der Waals surface area contributed by atoms with Gasteiger partial charge in [-0.2, -0.15) is 5.21 Å². The molecule has 2 N–H and O–H groups in total. The van der Waals surface area contributed by atoms with Crippen molar-refractivity contribution in [3.63, 3.8) is 0 Å². The van der Waals surface area contributed by atoms with E-state index >= 15 is 0 Å². The van der Waals surface area contributed by atoms with Crippen LogP contribution in [0.15, 0.2) is 0 Å². The van der Waals surface area contributed by atoms with Gasteiger partial charge in [-0.1, -0.05) is 10.2 Å². The van der Waals surface area contributed by atoms with Crippen LogP contribution in [0.5, 0.6) is 6.01 Å². The average molecular weight is 183 g/mol. The summed E-state index contributed by atoms with van der Waals surface area (Å²) in [5.41, 5.74) is -0.144. The molecule has 0 aliphatic carbocycles. The first-order chi connectivity index (χ1) is 6.29. The van der Waals surface area contributed by atoms with E-state index in [1.807, 2.05) is 0 Å². The molecular formula is C7H13N5O. The molecule has 6 heteroatoms. The molecule has 72 valence electrons. The number of tetrazole rings is 1. The van der Waals surface area contributed by atoms with Gasteiger partial charge in [-0.25, -0.2) is 0 Å². The zero-order chi connectivity index (χ0) is 9.15. The topological polar surface area (TPSA) is 75.7 Å². The van der Waals surface area contributed by atoms with Crippen molar-refractivity contribution in [2.75, 3.05) is 13.1 Å². The monoisotopic (exact) mass is 183 g/mol. The standard InChI is InChI=1S/C7H13N5O/c1-7(2-4-8-5-3-7)13-6-9-11-12-10-6/h8H,2-5H2,1H3,(H,9,10,11,12). The minimum absolute atomic E-state index is 0.144. The first kappa shape index (κ1) is 8.43. The number of aromatic amines is 1. The summed E-state index contributed by atoms with van der Waals surface area (Å²) in [6.45, 7) is 4.03. The fraction of sp³-hybridized carbons (Fsp3) is 0.857. The molecule has 0 bridgehead atoms. The predicted octanol–water partition coefficient (Wildman–Crippen LogP) is -0.279. The Morgan fingerprint density at radius 3 is 2.77 bits per heavy atom. The van der Waals surface area contributed by atoms with Crippen molar-refractivity contribution in [2.24, 2.45) is 0 Å². The molecule has 0 radical (unpaired) electrons. The fourth-order valence-corrected chi connectivity index (χ4v) is 1.47. The Bertz CT molecular complexity index is 254. The van der Waals surface area contributed by atoms with E-state index in [4.69, 9.17) is 4.74 Å². The molecule has 1 saturated heterocycles. The van der Waals surface area contributed by atoms with Crippen LogP contribution in [0, 0.1) is 0 Å². The van der Waals surface area contributed by atoms with Crippen LogP contribution in [-0.4, -0.2) is 39.3 Å². The summed E-state index contributed by atoms with van der Waals surface area (Å²) in [4.78, 5) is 0. The summed E-state index contributed by atoms with van der Waals surface area (Å²) in [5.74, 6) is 0. The normalized spacial score (nSPS) is 21.3. The molecule has 0 spiro atoms. The van der Waals surface area contributed by atoms with Crippen molar-refractivity contribution < 1.29 is 4.74 Å². The van der Waals surface area contributed by atoms with E-state index < -0.39 is 0 Å². The second kappa shape index (κ2) is 3.29. The van der Waals surface area contributed by atoms with Crippen LogP contribution in [0.1, 0.15) is 19.8 Å². The van der Waals surface area contributed by atoms with E-state index in [0.717, 1.165) is 25.9 Å². The quantitative estimate of drug-likeness (QED) is 0.659. The van der Waals surface area contributed by atoms with Crippen LogP contribution >= 0.6 is 0 Å². The van der Waals surface area contributed by atoms with Gasteiger partial charge < -0.3 is 10.1 Å². The maximum Gasteiger partial charge on any atom is 0.356 e. The molecular weight excluding hydrogens is 170 g/mol. The third kappa shape index (κ3) is 1.95. The maximum absolute atomic E-state index is 5.63. The Hall–Kier alpha value is -1.17. The summed E-state index contributed by atoms with van der Waals surface area (Å²) >= 11 is 0. The van der Waals surface area contributed by atoms with Gasteiger partial charge in [-0.15, -0.1) is 0 Å². The lowest BCUT2D eigenvalue weighted by Crippen LogP contribution is -2.44. The molecule has 1 aliphatic rings. The smallest absolute Gasteiger partial charge is 0.356 e. The second-order valence-corrected chi connectivity index (χ2v) is 3.50. The van der Waals surface area contributed by atoms with Crippen LogP contribution in [0.25, 0.3) is 0 Å². The molecule has 0 atom stereocenters. The molecule has 1 aliphatic heterocycles. The van der Waals surface area contributed by atoms with Crippen molar-refractivity contribution in [1.29, 1.82) is 0 Å². The molecule has 0 aromatic carbocycles. The highest BCUT2D eigenvalue weighted by Crippen LogP contribution is 2.22. The zero-order valence-electron chi connectivity index (χ0n) is 7.58. The van der Waals surface area contributed by atoms with Crippen LogP contribution < -0.4 is 10.1 Å². The van der Waals surface area contributed by atoms with Gasteiger partial charge in [-0.3, -0.25) is 0 Å². The lowest BCUT2D eigenvalue weighted by atomic mass is 9.95. The van der Waals surface area contributed by atoms with E-state index in [0.29, 0.717) is 6.01 Å². The Morgan fingerprint density at radius 2 is 2.15 bits per heavy atom. The molecule has 0 saturated carbocycles. The van der Waals surface area contributed by atoms with Crippen LogP contribution in [0.4, 0.5) is 0 Å². The molecule has 2 heterocycles. The summed E-state index contributed by atoms with van der Waals surface area (Å²) < 4.78 is 5.63. The van der Waals surface area contributed by atoms with Crippen molar-refractivity contribution in [1.82, 2.24) is 25.9 Å². The van der Waals surface area contributed by atoms with Crippen LogP contribution in [0.2, 0.25) is 0 Å². The van der Waals surface area contributed by atoms with Gasteiger partial charge in [0.1, 0.15) is 5.60 Å². The molecule has 0 unspecified atom stereocenters. The van der Waals surface area contributed by atoms with E-state index in [1.54, 1.807) is 0 Å². The first-order valence-electron chi connectivity index (χ1n) is 4.42. The third-order valence-electron chi connectivity index (χ3n) is 2.32. The minimum Gasteiger partial charge on any atom is -0.455 e. The van der Waals surface area contributed by atoms with Crippen molar-refractivity contribution in [2.45, 2.75) is 25.4 Å². The van der Waals surface area contributed by atoms with Gasteiger partial charge in [0.15, 0.2) is 0 Å². The number of rotatable bonds is 2. The van der Waals surface area contributed by atoms with Gasteiger partial charge in [0, 0.05) is 0 Å². The van der Waals surface area contributed by atoms with E-state index in [9.17, 15) is 0 Å². The number of ether oxygens (including phenoxy) is 1. The van der Waals surface area contributed by atoms with E-state index in [-0.39, 0.29) is 5.60 Å². The number of hydrogen-bond donors (Lipinski definition) is 2. The molecule has 6 nitrogen and oxygen atoms in total. The summed E-state index contributed by atoms with van der Waals surface area (Å²) in [6, 6.07) is 0.337. The molecule has 1 aromatic rings. The predicted molar refractivity (Wildman–Crippen MR) is 45.3 cm³/mol. The molecule has 0 amide bonds. The van der Waals surface area contributed by atoms with Crippen LogP contribution in [-0.2, 0) is 0 Å². The average Bonchev–Trinajstić information content (AvgIpc) is 2.57.